The zero-order valence-corrected chi connectivity index (χ0v) is 21.9. The molecule has 10 heteroatoms. The lowest BCUT2D eigenvalue weighted by Crippen LogP contribution is -3.00. The van der Waals surface area contributed by atoms with Crippen molar-refractivity contribution >= 4 is 28.6 Å². The number of thiophene rings is 2. The third kappa shape index (κ3) is 4.69. The molecule has 0 radical (unpaired) electrons. The smallest absolute Gasteiger partial charge is 0.349 e. The monoisotopic (exact) mass is 559 g/mol. The van der Waals surface area contributed by atoms with E-state index in [0.29, 0.717) is 34.0 Å². The number of halogens is 1. The van der Waals surface area contributed by atoms with Crippen LogP contribution in [0.25, 0.3) is 0 Å². The molecule has 4 aliphatic rings. The Hall–Kier alpha value is -0.850. The first-order valence-corrected chi connectivity index (χ1v) is 12.9. The van der Waals surface area contributed by atoms with Gasteiger partial charge in [-0.1, -0.05) is 12.1 Å². The largest absolute Gasteiger partial charge is 1.00 e. The van der Waals surface area contributed by atoms with E-state index < -0.39 is 11.6 Å². The van der Waals surface area contributed by atoms with Gasteiger partial charge in [0.15, 0.2) is 0 Å². The number of likely N-dealkylation sites (N-methyl/N-ethyl adjacent to an activating group) is 1. The molecule has 1 N–H and O–H groups in total. The van der Waals surface area contributed by atoms with Crippen molar-refractivity contribution in [1.29, 1.82) is 0 Å². The summed E-state index contributed by atoms with van der Waals surface area (Å²) in [6.45, 7) is 1.56. The number of hydrogen-bond donors (Lipinski definition) is 1. The molecule has 4 aliphatic heterocycles. The summed E-state index contributed by atoms with van der Waals surface area (Å²) in [6.07, 6.45) is 4.36. The summed E-state index contributed by atoms with van der Waals surface area (Å²) in [5.41, 5.74) is -1.72. The van der Waals surface area contributed by atoms with Gasteiger partial charge in [-0.25, -0.2) is 14.6 Å². The molecule has 2 aromatic rings. The van der Waals surface area contributed by atoms with E-state index in [-0.39, 0.29) is 23.1 Å². The molecule has 0 spiro atoms. The Bertz CT molecular complexity index is 852. The Labute approximate surface area is 212 Å². The van der Waals surface area contributed by atoms with Gasteiger partial charge < -0.3 is 36.0 Å². The highest BCUT2D eigenvalue weighted by atomic mass is 79.9. The number of carbonyl (C=O) groups is 1. The molecule has 182 valence electrons. The molecule has 4 fully saturated rings. The molecule has 4 saturated heterocycles. The highest BCUT2D eigenvalue weighted by molar-refractivity contribution is 7.12. The number of aliphatic hydroxyl groups is 1. The number of morpholine rings is 1. The van der Waals surface area contributed by atoms with Gasteiger partial charge >= 0.3 is 5.97 Å². The number of piperidine rings is 1. The molecule has 0 saturated carbocycles. The maximum Gasteiger partial charge on any atom is 0.349 e. The normalized spacial score (nSPS) is 31.4. The number of carbonyl (C=O) groups excluding carboxylic acids is 1. The Morgan fingerprint density at radius 1 is 1.03 bits per heavy atom. The summed E-state index contributed by atoms with van der Waals surface area (Å²) in [5.74, 6) is -0.561. The van der Waals surface area contributed by atoms with Gasteiger partial charge in [0.1, 0.15) is 30.4 Å². The number of hydrogen-bond acceptors (Lipinski definition) is 8. The van der Waals surface area contributed by atoms with Gasteiger partial charge in [-0.3, -0.25) is 0 Å². The van der Waals surface area contributed by atoms with Crippen LogP contribution < -0.4 is 17.0 Å². The van der Waals surface area contributed by atoms with Crippen LogP contribution in [-0.4, -0.2) is 73.3 Å². The van der Waals surface area contributed by atoms with E-state index >= 15 is 0 Å². The molecule has 0 aromatic carbocycles. The van der Waals surface area contributed by atoms with Gasteiger partial charge in [0.2, 0.25) is 5.60 Å². The van der Waals surface area contributed by atoms with E-state index in [1.807, 2.05) is 22.9 Å². The first-order valence-electron chi connectivity index (χ1n) is 11.2. The maximum absolute atomic E-state index is 13.1. The fraction of sp³-hybridized carbons (Fsp3) is 0.609. The van der Waals surface area contributed by atoms with Gasteiger partial charge in [-0.05, 0) is 35.7 Å². The first kappa shape index (κ1) is 25.2. The lowest BCUT2D eigenvalue weighted by Gasteiger charge is -2.45. The molecule has 2 bridgehead atoms. The topological polar surface area (TPSA) is 77.5 Å². The van der Waals surface area contributed by atoms with Crippen LogP contribution in [-0.2, 0) is 29.6 Å². The van der Waals surface area contributed by atoms with Crippen LogP contribution in [0, 0.1) is 0 Å². The minimum Gasteiger partial charge on any atom is -1.00 e. The third-order valence-electron chi connectivity index (χ3n) is 7.15. The summed E-state index contributed by atoms with van der Waals surface area (Å²) >= 11 is 2.74. The van der Waals surface area contributed by atoms with Crippen molar-refractivity contribution in [2.24, 2.45) is 0 Å². The number of nitrogens with zero attached hydrogens (tertiary/aromatic N) is 1. The highest BCUT2D eigenvalue weighted by Crippen LogP contribution is 2.52. The van der Waals surface area contributed by atoms with Gasteiger partial charge in [-0.2, -0.15) is 0 Å². The average molecular weight is 561 g/mol. The number of quaternary nitrogens is 1. The van der Waals surface area contributed by atoms with Gasteiger partial charge in [-0.15, -0.1) is 22.7 Å². The second-order valence-corrected chi connectivity index (χ2v) is 11.2. The van der Waals surface area contributed by atoms with Crippen LogP contribution in [0.15, 0.2) is 35.0 Å². The van der Waals surface area contributed by atoms with Crippen molar-refractivity contribution < 1.29 is 50.6 Å². The van der Waals surface area contributed by atoms with Crippen LogP contribution >= 0.6 is 22.7 Å². The Morgan fingerprint density at radius 2 is 1.55 bits per heavy atom. The second-order valence-electron chi connectivity index (χ2n) is 9.34. The predicted molar refractivity (Wildman–Crippen MR) is 120 cm³/mol. The summed E-state index contributed by atoms with van der Waals surface area (Å²) in [7, 11) is 4.49. The van der Waals surface area contributed by atoms with E-state index in [0.717, 1.165) is 43.4 Å². The Balaban J connectivity index is 0.000000325. The zero-order valence-electron chi connectivity index (χ0n) is 18.7. The molecule has 0 amide bonds. The maximum atomic E-state index is 13.1. The number of rotatable bonds is 4. The van der Waals surface area contributed by atoms with Crippen molar-refractivity contribution in [2.75, 3.05) is 27.3 Å². The number of fused-ring (bicyclic) bond motifs is 5. The Kier molecular flexibility index (Phi) is 7.67. The number of ether oxygens (including phenoxy) is 2. The lowest BCUT2D eigenvalue weighted by molar-refractivity contribution is -0.938. The molecule has 5 atom stereocenters. The van der Waals surface area contributed by atoms with E-state index in [1.165, 1.54) is 22.7 Å². The van der Waals surface area contributed by atoms with E-state index in [9.17, 15) is 9.90 Å². The molecule has 6 rings (SSSR count). The minimum absolute atomic E-state index is 0. The van der Waals surface area contributed by atoms with Crippen molar-refractivity contribution in [3.63, 3.8) is 0 Å². The first-order chi connectivity index (χ1) is 15.4. The predicted octanol–water partition coefficient (Wildman–Crippen LogP) is 0.0781. The lowest BCUT2D eigenvalue weighted by atomic mass is 9.95. The molecule has 0 aliphatic carbocycles. The molecule has 2 aromatic heterocycles. The van der Waals surface area contributed by atoms with Crippen molar-refractivity contribution in [1.82, 2.24) is 0 Å². The van der Waals surface area contributed by atoms with E-state index in [2.05, 4.69) is 23.9 Å². The molecule has 7 nitrogen and oxygen atoms in total. The van der Waals surface area contributed by atoms with Crippen molar-refractivity contribution in [3.8, 4) is 0 Å². The standard InChI is InChI=1S/C19H22NO4S2.C4H8O2.BrH/c1-20(2)12-9-11(10-13(20)17-16(12)24-17)23-18(21)19(22,14-5-3-7-25-14)15-6-4-8-26-15;1-2-4-6-5-3-1;/h3-8,11-13,16-17,22H,9-10H2,1-2H3;1-4H2;1H/q+1;;/p-1/t11-,12-,13+,16-,17+;;. The van der Waals surface area contributed by atoms with E-state index in [4.69, 9.17) is 9.47 Å². The SMILES string of the molecule is C1CCOOC1.C[N+]1(C)[C@@H]2C[C@@H](OC(=O)C(O)(c3cccs3)c3cccs3)C[C@H]1[C@@H]1O[C@@H]12.[Br-]. The summed E-state index contributed by atoms with van der Waals surface area (Å²) in [4.78, 5) is 23.5. The van der Waals surface area contributed by atoms with Crippen LogP contribution in [0.5, 0.6) is 0 Å². The fourth-order valence-corrected chi connectivity index (χ4v) is 6.98. The average Bonchev–Trinajstić information content (AvgIpc) is 3.14. The highest BCUT2D eigenvalue weighted by Gasteiger charge is 2.71. The zero-order chi connectivity index (χ0) is 22.3. The van der Waals surface area contributed by atoms with Crippen LogP contribution in [0.2, 0.25) is 0 Å². The molecular weight excluding hydrogens is 530 g/mol. The van der Waals surface area contributed by atoms with Crippen LogP contribution in [0.4, 0.5) is 0 Å². The Morgan fingerprint density at radius 3 is 1.94 bits per heavy atom. The number of esters is 1. The molecule has 0 unspecified atom stereocenters. The van der Waals surface area contributed by atoms with Gasteiger partial charge in [0.05, 0.1) is 37.1 Å². The van der Waals surface area contributed by atoms with E-state index in [1.54, 1.807) is 12.1 Å². The van der Waals surface area contributed by atoms with Gasteiger partial charge in [0, 0.05) is 12.8 Å². The number of epoxide rings is 1. The summed E-state index contributed by atoms with van der Waals surface area (Å²) < 4.78 is 12.6. The quantitative estimate of drug-likeness (QED) is 0.247. The molecular formula is C23H30BrNO6S2. The van der Waals surface area contributed by atoms with Crippen molar-refractivity contribution in [3.05, 3.63) is 44.8 Å². The third-order valence-corrected chi connectivity index (χ3v) is 9.11. The summed E-state index contributed by atoms with van der Waals surface area (Å²) in [5, 5.41) is 15.1. The second kappa shape index (κ2) is 10.0. The summed E-state index contributed by atoms with van der Waals surface area (Å²) in [6, 6.07) is 8.01. The van der Waals surface area contributed by atoms with Crippen LogP contribution in [0.3, 0.4) is 0 Å². The fourth-order valence-electron chi connectivity index (χ4n) is 5.27. The molecule has 6 heterocycles. The minimum atomic E-state index is -1.72. The molecule has 33 heavy (non-hydrogen) atoms. The van der Waals surface area contributed by atoms with Crippen LogP contribution in [0.1, 0.15) is 35.4 Å². The van der Waals surface area contributed by atoms with Gasteiger partial charge in [0.25, 0.3) is 0 Å². The van der Waals surface area contributed by atoms with Crippen molar-refractivity contribution in [2.45, 2.75) is 61.7 Å².